The average molecular weight is 499 g/mol. The second kappa shape index (κ2) is 8.47. The van der Waals surface area contributed by atoms with Gasteiger partial charge >= 0.3 is 0 Å². The van der Waals surface area contributed by atoms with Crippen LogP contribution in [0.2, 0.25) is 0 Å². The molecule has 0 aliphatic heterocycles. The number of aryl methyl sites for hydroxylation is 1. The fraction of sp³-hybridized carbons (Fsp3) is 0.0270. The summed E-state index contributed by atoms with van der Waals surface area (Å²) in [5.41, 5.74) is 11.0. The van der Waals surface area contributed by atoms with E-state index in [1.165, 1.54) is 71.7 Å². The lowest BCUT2D eigenvalue weighted by atomic mass is 10.0. The predicted molar refractivity (Wildman–Crippen MR) is 165 cm³/mol. The molecule has 0 fully saturated rings. The Morgan fingerprint density at radius 1 is 0.410 bits per heavy atom. The van der Waals surface area contributed by atoms with Crippen molar-refractivity contribution >= 4 is 43.6 Å². The summed E-state index contributed by atoms with van der Waals surface area (Å²) in [4.78, 5) is 0. The van der Waals surface area contributed by atoms with Gasteiger partial charge in [0.2, 0.25) is 0 Å². The van der Waals surface area contributed by atoms with Crippen LogP contribution >= 0.6 is 0 Å². The van der Waals surface area contributed by atoms with E-state index < -0.39 is 0 Å². The number of benzene rings is 6. The second-order valence-electron chi connectivity index (χ2n) is 10.3. The molecule has 2 heterocycles. The Balaban J connectivity index is 1.50. The van der Waals surface area contributed by atoms with Crippen LogP contribution < -0.4 is 0 Å². The van der Waals surface area contributed by atoms with Crippen molar-refractivity contribution < 1.29 is 0 Å². The fourth-order valence-electron chi connectivity index (χ4n) is 6.25. The minimum atomic E-state index is 1.17. The normalized spacial score (nSPS) is 11.7. The molecule has 2 heteroatoms. The molecule has 6 aromatic carbocycles. The summed E-state index contributed by atoms with van der Waals surface area (Å²) < 4.78 is 4.85. The molecule has 8 rings (SSSR count). The number of hydrogen-bond acceptors (Lipinski definition) is 0. The highest BCUT2D eigenvalue weighted by Gasteiger charge is 2.19. The lowest BCUT2D eigenvalue weighted by Crippen LogP contribution is -1.96. The zero-order valence-corrected chi connectivity index (χ0v) is 21.7. The molecule has 0 unspecified atom stereocenters. The van der Waals surface area contributed by atoms with Gasteiger partial charge in [-0.3, -0.25) is 0 Å². The van der Waals surface area contributed by atoms with Crippen LogP contribution in [0.15, 0.2) is 140 Å². The first kappa shape index (κ1) is 22.0. The molecule has 0 radical (unpaired) electrons. The fourth-order valence-corrected chi connectivity index (χ4v) is 6.25. The SMILES string of the molecule is Cc1ccc2c(c1)c1cc(-c3ccccc3)ccc1n2-c1cccc2c1c1ccccc1n2-c1ccccc1. The minimum Gasteiger partial charge on any atom is -0.309 e. The molecular formula is C37H26N2. The highest BCUT2D eigenvalue weighted by Crippen LogP contribution is 2.40. The molecule has 0 spiro atoms. The highest BCUT2D eigenvalue weighted by atomic mass is 15.0. The van der Waals surface area contributed by atoms with Crippen molar-refractivity contribution in [2.24, 2.45) is 0 Å². The van der Waals surface area contributed by atoms with E-state index in [0.29, 0.717) is 0 Å². The van der Waals surface area contributed by atoms with Crippen LogP contribution in [0.25, 0.3) is 66.1 Å². The number of para-hydroxylation sites is 2. The van der Waals surface area contributed by atoms with E-state index in [0.717, 1.165) is 0 Å². The van der Waals surface area contributed by atoms with Gasteiger partial charge in [-0.1, -0.05) is 90.5 Å². The summed E-state index contributed by atoms with van der Waals surface area (Å²) in [5.74, 6) is 0. The third kappa shape index (κ3) is 3.28. The predicted octanol–water partition coefficient (Wildman–Crippen LogP) is 9.86. The summed E-state index contributed by atoms with van der Waals surface area (Å²) in [6.45, 7) is 2.18. The molecule has 0 amide bonds. The Morgan fingerprint density at radius 3 is 1.87 bits per heavy atom. The number of rotatable bonds is 3. The Kier molecular flexibility index (Phi) is 4.77. The lowest BCUT2D eigenvalue weighted by molar-refractivity contribution is 1.17. The van der Waals surface area contributed by atoms with E-state index in [1.54, 1.807) is 0 Å². The first-order chi connectivity index (χ1) is 19.3. The summed E-state index contributed by atoms with van der Waals surface area (Å²) in [5, 5.41) is 5.09. The monoisotopic (exact) mass is 498 g/mol. The van der Waals surface area contributed by atoms with E-state index in [9.17, 15) is 0 Å². The largest absolute Gasteiger partial charge is 0.309 e. The van der Waals surface area contributed by atoms with Crippen LogP contribution in [0.5, 0.6) is 0 Å². The van der Waals surface area contributed by atoms with Crippen molar-refractivity contribution in [3.05, 3.63) is 145 Å². The van der Waals surface area contributed by atoms with E-state index in [1.807, 2.05) is 0 Å². The van der Waals surface area contributed by atoms with Gasteiger partial charge in [0.15, 0.2) is 0 Å². The van der Waals surface area contributed by atoms with Crippen molar-refractivity contribution in [3.8, 4) is 22.5 Å². The van der Waals surface area contributed by atoms with Crippen molar-refractivity contribution in [1.29, 1.82) is 0 Å². The standard InChI is InChI=1S/C37H26N2/c1-25-19-21-33-30(23-25)31-24-27(26-11-4-2-5-12-26)20-22-34(31)39(33)36-18-10-17-35-37(36)29-15-8-9-16-32(29)38(35)28-13-6-3-7-14-28/h2-24H,1H3. The summed E-state index contributed by atoms with van der Waals surface area (Å²) in [6, 6.07) is 50.6. The van der Waals surface area contributed by atoms with E-state index in [4.69, 9.17) is 0 Å². The van der Waals surface area contributed by atoms with Crippen molar-refractivity contribution in [1.82, 2.24) is 9.13 Å². The van der Waals surface area contributed by atoms with Gasteiger partial charge in [0.25, 0.3) is 0 Å². The molecule has 0 aliphatic rings. The van der Waals surface area contributed by atoms with E-state index >= 15 is 0 Å². The molecule has 0 aliphatic carbocycles. The van der Waals surface area contributed by atoms with Gasteiger partial charge in [-0.25, -0.2) is 0 Å². The van der Waals surface area contributed by atoms with Crippen molar-refractivity contribution in [2.75, 3.05) is 0 Å². The molecule has 0 bridgehead atoms. The number of hydrogen-bond donors (Lipinski definition) is 0. The van der Waals surface area contributed by atoms with Gasteiger partial charge in [-0.15, -0.1) is 0 Å². The van der Waals surface area contributed by atoms with Crippen LogP contribution in [-0.4, -0.2) is 9.13 Å². The minimum absolute atomic E-state index is 1.17. The average Bonchev–Trinajstić information content (AvgIpc) is 3.50. The summed E-state index contributed by atoms with van der Waals surface area (Å²) in [7, 11) is 0. The Bertz CT molecular complexity index is 2160. The zero-order valence-electron chi connectivity index (χ0n) is 21.7. The maximum atomic E-state index is 2.46. The van der Waals surface area contributed by atoms with E-state index in [-0.39, 0.29) is 0 Å². The smallest absolute Gasteiger partial charge is 0.0562 e. The number of aromatic nitrogens is 2. The van der Waals surface area contributed by atoms with Gasteiger partial charge < -0.3 is 9.13 Å². The molecule has 2 nitrogen and oxygen atoms in total. The molecule has 39 heavy (non-hydrogen) atoms. The Labute approximate surface area is 227 Å². The van der Waals surface area contributed by atoms with Crippen molar-refractivity contribution in [2.45, 2.75) is 6.92 Å². The Morgan fingerprint density at radius 2 is 1.05 bits per heavy atom. The lowest BCUT2D eigenvalue weighted by Gasteiger charge is -2.12. The maximum absolute atomic E-state index is 2.46. The molecule has 8 aromatic rings. The third-order valence-corrected chi connectivity index (χ3v) is 7.96. The molecule has 0 N–H and O–H groups in total. The number of fused-ring (bicyclic) bond motifs is 6. The van der Waals surface area contributed by atoms with Crippen LogP contribution in [0.3, 0.4) is 0 Å². The van der Waals surface area contributed by atoms with Gasteiger partial charge in [0, 0.05) is 27.2 Å². The molecular weight excluding hydrogens is 472 g/mol. The van der Waals surface area contributed by atoms with Gasteiger partial charge in [0.1, 0.15) is 0 Å². The first-order valence-corrected chi connectivity index (χ1v) is 13.5. The quantitative estimate of drug-likeness (QED) is 0.229. The van der Waals surface area contributed by atoms with Crippen molar-refractivity contribution in [3.63, 3.8) is 0 Å². The molecule has 0 saturated carbocycles. The highest BCUT2D eigenvalue weighted by molar-refractivity contribution is 6.16. The van der Waals surface area contributed by atoms with Crippen LogP contribution in [0, 0.1) is 6.92 Å². The third-order valence-electron chi connectivity index (χ3n) is 7.96. The molecule has 0 atom stereocenters. The van der Waals surface area contributed by atoms with Crippen LogP contribution in [0.4, 0.5) is 0 Å². The van der Waals surface area contributed by atoms with Crippen LogP contribution in [0.1, 0.15) is 5.56 Å². The molecule has 0 saturated heterocycles. The first-order valence-electron chi connectivity index (χ1n) is 13.5. The molecule has 184 valence electrons. The molecule has 2 aromatic heterocycles. The summed E-state index contributed by atoms with van der Waals surface area (Å²) >= 11 is 0. The van der Waals surface area contributed by atoms with Crippen LogP contribution in [-0.2, 0) is 0 Å². The summed E-state index contributed by atoms with van der Waals surface area (Å²) in [6.07, 6.45) is 0. The Hall–Kier alpha value is -5.08. The second-order valence-corrected chi connectivity index (χ2v) is 10.3. The maximum Gasteiger partial charge on any atom is 0.0562 e. The number of nitrogens with zero attached hydrogens (tertiary/aromatic N) is 2. The van der Waals surface area contributed by atoms with Gasteiger partial charge in [0.05, 0.1) is 27.8 Å². The zero-order chi connectivity index (χ0) is 25.9. The van der Waals surface area contributed by atoms with Gasteiger partial charge in [-0.05, 0) is 72.6 Å². The van der Waals surface area contributed by atoms with Gasteiger partial charge in [-0.2, -0.15) is 0 Å². The van der Waals surface area contributed by atoms with E-state index in [2.05, 4.69) is 156 Å². The topological polar surface area (TPSA) is 9.86 Å².